The third-order valence-corrected chi connectivity index (χ3v) is 4.42. The van der Waals surface area contributed by atoms with Gasteiger partial charge in [-0.2, -0.15) is 0 Å². The Morgan fingerprint density at radius 2 is 1.81 bits per heavy atom. The van der Waals surface area contributed by atoms with Crippen LogP contribution in [0, 0.1) is 11.6 Å². The van der Waals surface area contributed by atoms with E-state index in [4.69, 9.17) is 11.6 Å². The minimum absolute atomic E-state index is 0.143. The predicted molar refractivity (Wildman–Crippen MR) is 80.8 cm³/mol. The Labute approximate surface area is 127 Å². The van der Waals surface area contributed by atoms with Crippen LogP contribution in [0.4, 0.5) is 8.78 Å². The Balaban J connectivity index is 1.96. The van der Waals surface area contributed by atoms with Crippen molar-refractivity contribution >= 4 is 11.6 Å². The summed E-state index contributed by atoms with van der Waals surface area (Å²) in [6.07, 6.45) is 0.920. The quantitative estimate of drug-likeness (QED) is 0.862. The first-order chi connectivity index (χ1) is 10.1. The zero-order valence-electron chi connectivity index (χ0n) is 11.5. The number of nitrogens with one attached hydrogen (secondary N) is 1. The van der Waals surface area contributed by atoms with Crippen molar-refractivity contribution in [2.24, 2.45) is 0 Å². The smallest absolute Gasteiger partial charge is 0.141 e. The third-order valence-electron chi connectivity index (χ3n) is 4.13. The summed E-state index contributed by atoms with van der Waals surface area (Å²) >= 11 is 5.90. The van der Waals surface area contributed by atoms with Crippen molar-refractivity contribution in [3.8, 4) is 0 Å². The molecule has 4 heteroatoms. The fraction of sp³-hybridized carbons (Fsp3) is 0.294. The molecule has 1 aliphatic heterocycles. The molecule has 0 amide bonds. The molecule has 0 saturated carbocycles. The van der Waals surface area contributed by atoms with E-state index < -0.39 is 5.82 Å². The van der Waals surface area contributed by atoms with E-state index in [-0.39, 0.29) is 22.7 Å². The Morgan fingerprint density at radius 1 is 1.00 bits per heavy atom. The maximum atomic E-state index is 13.5. The number of rotatable bonds is 2. The Bertz CT molecular complexity index is 644. The predicted octanol–water partition coefficient (Wildman–Crippen LogP) is 4.48. The van der Waals surface area contributed by atoms with Crippen molar-refractivity contribution in [1.82, 2.24) is 5.32 Å². The molecule has 0 spiro atoms. The lowest BCUT2D eigenvalue weighted by atomic mass is 9.77. The minimum atomic E-state index is -0.406. The first-order valence-electron chi connectivity index (χ1n) is 7.06. The first-order valence-corrected chi connectivity index (χ1v) is 7.44. The highest BCUT2D eigenvalue weighted by Crippen LogP contribution is 2.38. The standard InChI is InChI=1S/C17H16ClF2N/c18-16-9-12(4-5-17(16)20)14-6-7-21-10-15(14)11-2-1-3-13(19)8-11/h1-5,8-9,14-15,21H,6-7,10H2. The highest BCUT2D eigenvalue weighted by molar-refractivity contribution is 6.30. The van der Waals surface area contributed by atoms with Gasteiger partial charge < -0.3 is 5.32 Å². The number of benzene rings is 2. The lowest BCUT2D eigenvalue weighted by Gasteiger charge is -2.33. The van der Waals surface area contributed by atoms with Crippen molar-refractivity contribution in [2.75, 3.05) is 13.1 Å². The molecular formula is C17H16ClF2N. The van der Waals surface area contributed by atoms with Crippen LogP contribution >= 0.6 is 11.6 Å². The van der Waals surface area contributed by atoms with Gasteiger partial charge in [0.2, 0.25) is 0 Å². The van der Waals surface area contributed by atoms with Gasteiger partial charge in [-0.05, 0) is 54.3 Å². The van der Waals surface area contributed by atoms with Gasteiger partial charge in [-0.1, -0.05) is 29.8 Å². The van der Waals surface area contributed by atoms with Crippen LogP contribution in [0.5, 0.6) is 0 Å². The molecule has 110 valence electrons. The van der Waals surface area contributed by atoms with E-state index in [1.165, 1.54) is 12.1 Å². The minimum Gasteiger partial charge on any atom is -0.316 e. The lowest BCUT2D eigenvalue weighted by molar-refractivity contribution is 0.402. The number of hydrogen-bond acceptors (Lipinski definition) is 1. The molecule has 1 aliphatic rings. The van der Waals surface area contributed by atoms with E-state index in [9.17, 15) is 8.78 Å². The lowest BCUT2D eigenvalue weighted by Crippen LogP contribution is -2.34. The van der Waals surface area contributed by atoms with Gasteiger partial charge in [0.15, 0.2) is 0 Å². The van der Waals surface area contributed by atoms with Crippen LogP contribution in [0.3, 0.4) is 0 Å². The van der Waals surface area contributed by atoms with Gasteiger partial charge in [-0.15, -0.1) is 0 Å². The zero-order valence-corrected chi connectivity index (χ0v) is 12.2. The number of hydrogen-bond donors (Lipinski definition) is 1. The fourth-order valence-corrected chi connectivity index (χ4v) is 3.28. The van der Waals surface area contributed by atoms with Crippen LogP contribution in [0.1, 0.15) is 29.4 Å². The van der Waals surface area contributed by atoms with Gasteiger partial charge in [0.25, 0.3) is 0 Å². The van der Waals surface area contributed by atoms with E-state index in [1.807, 2.05) is 6.07 Å². The van der Waals surface area contributed by atoms with E-state index >= 15 is 0 Å². The van der Waals surface area contributed by atoms with Crippen molar-refractivity contribution in [3.63, 3.8) is 0 Å². The SMILES string of the molecule is Fc1cccc(C2CNCCC2c2ccc(F)c(Cl)c2)c1. The molecule has 0 aromatic heterocycles. The van der Waals surface area contributed by atoms with Crippen LogP contribution < -0.4 is 5.32 Å². The summed E-state index contributed by atoms with van der Waals surface area (Å²) in [6, 6.07) is 11.6. The first kappa shape index (κ1) is 14.5. The normalized spacial score (nSPS) is 22.2. The molecule has 0 radical (unpaired) electrons. The van der Waals surface area contributed by atoms with Crippen LogP contribution in [0.2, 0.25) is 5.02 Å². The summed E-state index contributed by atoms with van der Waals surface area (Å²) in [7, 11) is 0. The van der Waals surface area contributed by atoms with E-state index in [0.29, 0.717) is 0 Å². The average Bonchev–Trinajstić information content (AvgIpc) is 2.50. The van der Waals surface area contributed by atoms with Gasteiger partial charge in [-0.3, -0.25) is 0 Å². The number of halogens is 3. The molecule has 21 heavy (non-hydrogen) atoms. The van der Waals surface area contributed by atoms with Gasteiger partial charge in [-0.25, -0.2) is 8.78 Å². The molecule has 0 aliphatic carbocycles. The van der Waals surface area contributed by atoms with Crippen molar-refractivity contribution in [3.05, 3.63) is 70.2 Å². The Morgan fingerprint density at radius 3 is 2.57 bits per heavy atom. The van der Waals surface area contributed by atoms with Crippen molar-refractivity contribution in [2.45, 2.75) is 18.3 Å². The van der Waals surface area contributed by atoms with E-state index in [0.717, 1.165) is 30.6 Å². The van der Waals surface area contributed by atoms with Crippen LogP contribution in [-0.4, -0.2) is 13.1 Å². The summed E-state index contributed by atoms with van der Waals surface area (Å²) in [4.78, 5) is 0. The van der Waals surface area contributed by atoms with E-state index in [2.05, 4.69) is 5.32 Å². The molecule has 2 aromatic carbocycles. The highest BCUT2D eigenvalue weighted by Gasteiger charge is 2.28. The largest absolute Gasteiger partial charge is 0.316 e. The molecule has 0 bridgehead atoms. The number of piperidine rings is 1. The molecule has 1 nitrogen and oxygen atoms in total. The maximum absolute atomic E-state index is 13.5. The molecule has 1 fully saturated rings. The summed E-state index contributed by atoms with van der Waals surface area (Å²) in [6.45, 7) is 1.68. The van der Waals surface area contributed by atoms with Crippen LogP contribution in [-0.2, 0) is 0 Å². The highest BCUT2D eigenvalue weighted by atomic mass is 35.5. The molecule has 2 unspecified atom stereocenters. The molecule has 1 heterocycles. The summed E-state index contributed by atoms with van der Waals surface area (Å²) in [5, 5.41) is 3.49. The zero-order chi connectivity index (χ0) is 14.8. The fourth-order valence-electron chi connectivity index (χ4n) is 3.09. The van der Waals surface area contributed by atoms with Gasteiger partial charge in [0.05, 0.1) is 5.02 Å². The van der Waals surface area contributed by atoms with E-state index in [1.54, 1.807) is 24.3 Å². The van der Waals surface area contributed by atoms with Crippen molar-refractivity contribution < 1.29 is 8.78 Å². The topological polar surface area (TPSA) is 12.0 Å². The van der Waals surface area contributed by atoms with Gasteiger partial charge >= 0.3 is 0 Å². The average molecular weight is 308 g/mol. The molecule has 1 saturated heterocycles. The second kappa shape index (κ2) is 6.12. The summed E-state index contributed by atoms with van der Waals surface area (Å²) in [5.74, 6) is -0.257. The van der Waals surface area contributed by atoms with Crippen LogP contribution in [0.15, 0.2) is 42.5 Å². The maximum Gasteiger partial charge on any atom is 0.141 e. The van der Waals surface area contributed by atoms with Crippen LogP contribution in [0.25, 0.3) is 0 Å². The van der Waals surface area contributed by atoms with Gasteiger partial charge in [0, 0.05) is 12.5 Å². The molecule has 2 aromatic rings. The summed E-state index contributed by atoms with van der Waals surface area (Å²) < 4.78 is 26.8. The van der Waals surface area contributed by atoms with Gasteiger partial charge in [0.1, 0.15) is 11.6 Å². The molecule has 2 atom stereocenters. The molecular weight excluding hydrogens is 292 g/mol. The Hall–Kier alpha value is -1.45. The van der Waals surface area contributed by atoms with Crippen molar-refractivity contribution in [1.29, 1.82) is 0 Å². The second-order valence-corrected chi connectivity index (χ2v) is 5.84. The molecule has 1 N–H and O–H groups in total. The second-order valence-electron chi connectivity index (χ2n) is 5.43. The summed E-state index contributed by atoms with van der Waals surface area (Å²) in [5.41, 5.74) is 1.98. The monoisotopic (exact) mass is 307 g/mol. The third kappa shape index (κ3) is 3.09. The molecule has 3 rings (SSSR count). The Kier molecular flexibility index (Phi) is 4.22.